The fourth-order valence-electron chi connectivity index (χ4n) is 1.45. The Bertz CT molecular complexity index is 249. The zero-order valence-corrected chi connectivity index (χ0v) is 8.55. The van der Waals surface area contributed by atoms with Crippen molar-refractivity contribution in [2.24, 2.45) is 11.3 Å². The molecule has 0 bridgehead atoms. The zero-order valence-electron chi connectivity index (χ0n) is 8.55. The monoisotopic (exact) mass is 179 g/mol. The van der Waals surface area contributed by atoms with E-state index < -0.39 is 0 Å². The van der Waals surface area contributed by atoms with Gasteiger partial charge in [-0.25, -0.2) is 0 Å². The molecule has 1 saturated carbocycles. The number of carbonyl (C=O) groups is 1. The molecule has 2 atom stereocenters. The molecular formula is C11H17NO. The second-order valence-electron chi connectivity index (χ2n) is 4.38. The van der Waals surface area contributed by atoms with E-state index in [9.17, 15) is 4.79 Å². The predicted molar refractivity (Wildman–Crippen MR) is 52.9 cm³/mol. The summed E-state index contributed by atoms with van der Waals surface area (Å²) in [6.45, 7) is 6.19. The standard InChI is InChI=1S/C11H17NO/c1-5-8(6-2)12-10(13)9-7-11(9,3)4/h1,8-9H,6-7H2,2-4H3,(H,12,13). The highest BCUT2D eigenvalue weighted by Gasteiger charge is 2.50. The quantitative estimate of drug-likeness (QED) is 0.654. The van der Waals surface area contributed by atoms with Crippen LogP contribution >= 0.6 is 0 Å². The molecule has 1 rings (SSSR count). The summed E-state index contributed by atoms with van der Waals surface area (Å²) in [5, 5.41) is 2.86. The van der Waals surface area contributed by atoms with Crippen LogP contribution in [-0.4, -0.2) is 11.9 Å². The number of hydrogen-bond acceptors (Lipinski definition) is 1. The van der Waals surface area contributed by atoms with Crippen LogP contribution in [0.15, 0.2) is 0 Å². The number of hydrogen-bond donors (Lipinski definition) is 1. The maximum absolute atomic E-state index is 11.5. The van der Waals surface area contributed by atoms with Gasteiger partial charge in [-0.05, 0) is 18.3 Å². The van der Waals surface area contributed by atoms with E-state index >= 15 is 0 Å². The maximum Gasteiger partial charge on any atom is 0.224 e. The van der Waals surface area contributed by atoms with Gasteiger partial charge in [0.25, 0.3) is 0 Å². The average Bonchev–Trinajstić information content (AvgIpc) is 2.70. The highest BCUT2D eigenvalue weighted by molar-refractivity contribution is 5.82. The van der Waals surface area contributed by atoms with Crippen LogP contribution in [0.25, 0.3) is 0 Å². The Morgan fingerprint density at radius 1 is 1.77 bits per heavy atom. The van der Waals surface area contributed by atoms with Gasteiger partial charge in [-0.2, -0.15) is 0 Å². The number of nitrogens with one attached hydrogen (secondary N) is 1. The lowest BCUT2D eigenvalue weighted by atomic mass is 10.1. The van der Waals surface area contributed by atoms with Crippen molar-refractivity contribution in [3.05, 3.63) is 0 Å². The van der Waals surface area contributed by atoms with Crippen molar-refractivity contribution in [1.82, 2.24) is 5.32 Å². The Kier molecular flexibility index (Phi) is 2.66. The minimum absolute atomic E-state index is 0.0936. The lowest BCUT2D eigenvalue weighted by Crippen LogP contribution is -2.35. The van der Waals surface area contributed by atoms with E-state index in [0.29, 0.717) is 0 Å². The minimum atomic E-state index is -0.0936. The van der Waals surface area contributed by atoms with Gasteiger partial charge in [0.15, 0.2) is 0 Å². The van der Waals surface area contributed by atoms with Gasteiger partial charge < -0.3 is 5.32 Å². The molecule has 0 saturated heterocycles. The topological polar surface area (TPSA) is 29.1 Å². The maximum atomic E-state index is 11.5. The molecule has 13 heavy (non-hydrogen) atoms. The van der Waals surface area contributed by atoms with E-state index in [-0.39, 0.29) is 23.3 Å². The summed E-state index contributed by atoms with van der Waals surface area (Å²) in [5.74, 6) is 2.86. The van der Waals surface area contributed by atoms with Crippen molar-refractivity contribution >= 4 is 5.91 Å². The highest BCUT2D eigenvalue weighted by atomic mass is 16.2. The van der Waals surface area contributed by atoms with E-state index in [1.54, 1.807) is 0 Å². The predicted octanol–water partition coefficient (Wildman–Crippen LogP) is 1.56. The molecule has 0 aromatic heterocycles. The van der Waals surface area contributed by atoms with Crippen molar-refractivity contribution in [2.75, 3.05) is 0 Å². The van der Waals surface area contributed by atoms with Crippen molar-refractivity contribution in [3.8, 4) is 12.3 Å². The van der Waals surface area contributed by atoms with Gasteiger partial charge in [0, 0.05) is 5.92 Å². The van der Waals surface area contributed by atoms with Gasteiger partial charge in [0.1, 0.15) is 0 Å². The Hall–Kier alpha value is -0.970. The van der Waals surface area contributed by atoms with E-state index in [4.69, 9.17) is 6.42 Å². The molecule has 1 aliphatic carbocycles. The zero-order chi connectivity index (χ0) is 10.1. The normalized spacial score (nSPS) is 25.8. The van der Waals surface area contributed by atoms with Gasteiger partial charge >= 0.3 is 0 Å². The molecular weight excluding hydrogens is 162 g/mol. The van der Waals surface area contributed by atoms with E-state index in [1.165, 1.54) is 0 Å². The number of carbonyl (C=O) groups excluding carboxylic acids is 1. The summed E-state index contributed by atoms with van der Waals surface area (Å²) in [5.41, 5.74) is 0.191. The van der Waals surface area contributed by atoms with Gasteiger partial charge in [-0.15, -0.1) is 6.42 Å². The third kappa shape index (κ3) is 2.24. The number of amides is 1. The van der Waals surface area contributed by atoms with Crippen LogP contribution in [0.5, 0.6) is 0 Å². The first-order valence-corrected chi connectivity index (χ1v) is 4.77. The average molecular weight is 179 g/mol. The highest BCUT2D eigenvalue weighted by Crippen LogP contribution is 2.51. The van der Waals surface area contributed by atoms with Gasteiger partial charge in [0.2, 0.25) is 5.91 Å². The molecule has 1 amide bonds. The third-order valence-electron chi connectivity index (χ3n) is 2.76. The lowest BCUT2D eigenvalue weighted by Gasteiger charge is -2.11. The molecule has 1 N–H and O–H groups in total. The summed E-state index contributed by atoms with van der Waals surface area (Å²) in [6, 6.07) is -0.0936. The van der Waals surface area contributed by atoms with Crippen LogP contribution in [0, 0.1) is 23.7 Å². The molecule has 1 fully saturated rings. The number of terminal acetylenes is 1. The number of rotatable bonds is 3. The van der Waals surface area contributed by atoms with Crippen LogP contribution < -0.4 is 5.32 Å². The first-order chi connectivity index (χ1) is 6.01. The Morgan fingerprint density at radius 3 is 2.62 bits per heavy atom. The van der Waals surface area contributed by atoms with Crippen molar-refractivity contribution in [2.45, 2.75) is 39.7 Å². The van der Waals surface area contributed by atoms with Crippen LogP contribution in [0.1, 0.15) is 33.6 Å². The van der Waals surface area contributed by atoms with Crippen LogP contribution in [0.3, 0.4) is 0 Å². The summed E-state index contributed by atoms with van der Waals surface area (Å²) in [4.78, 5) is 11.5. The summed E-state index contributed by atoms with van der Waals surface area (Å²) in [6.07, 6.45) is 7.04. The third-order valence-corrected chi connectivity index (χ3v) is 2.76. The molecule has 2 heteroatoms. The summed E-state index contributed by atoms with van der Waals surface area (Å²) >= 11 is 0. The minimum Gasteiger partial charge on any atom is -0.342 e. The first-order valence-electron chi connectivity index (χ1n) is 4.77. The second kappa shape index (κ2) is 3.41. The van der Waals surface area contributed by atoms with Crippen molar-refractivity contribution < 1.29 is 4.79 Å². The molecule has 0 heterocycles. The van der Waals surface area contributed by atoms with Crippen molar-refractivity contribution in [1.29, 1.82) is 0 Å². The summed E-state index contributed by atoms with van der Waals surface area (Å²) < 4.78 is 0. The fraction of sp³-hybridized carbons (Fsp3) is 0.727. The smallest absolute Gasteiger partial charge is 0.224 e. The van der Waals surface area contributed by atoms with E-state index in [1.807, 2.05) is 6.92 Å². The molecule has 0 aromatic carbocycles. The van der Waals surface area contributed by atoms with E-state index in [0.717, 1.165) is 12.8 Å². The second-order valence-corrected chi connectivity index (χ2v) is 4.38. The Labute approximate surface area is 80.1 Å². The van der Waals surface area contributed by atoms with E-state index in [2.05, 4.69) is 25.1 Å². The molecule has 2 unspecified atom stereocenters. The van der Waals surface area contributed by atoms with Gasteiger partial charge in [-0.1, -0.05) is 26.7 Å². The van der Waals surface area contributed by atoms with Gasteiger partial charge in [0.05, 0.1) is 6.04 Å². The Morgan fingerprint density at radius 2 is 2.31 bits per heavy atom. The van der Waals surface area contributed by atoms with Crippen LogP contribution in [0.2, 0.25) is 0 Å². The largest absolute Gasteiger partial charge is 0.342 e. The first kappa shape index (κ1) is 10.1. The molecule has 2 nitrogen and oxygen atoms in total. The molecule has 72 valence electrons. The van der Waals surface area contributed by atoms with Crippen LogP contribution in [-0.2, 0) is 4.79 Å². The lowest BCUT2D eigenvalue weighted by molar-refractivity contribution is -0.123. The molecule has 0 radical (unpaired) electrons. The molecule has 0 spiro atoms. The SMILES string of the molecule is C#CC(CC)NC(=O)C1CC1(C)C. The Balaban J connectivity index is 2.40. The molecule has 0 aromatic rings. The molecule has 1 aliphatic rings. The molecule has 0 aliphatic heterocycles. The van der Waals surface area contributed by atoms with Crippen molar-refractivity contribution in [3.63, 3.8) is 0 Å². The fourth-order valence-corrected chi connectivity index (χ4v) is 1.45. The van der Waals surface area contributed by atoms with Gasteiger partial charge in [-0.3, -0.25) is 4.79 Å². The summed E-state index contributed by atoms with van der Waals surface area (Å²) in [7, 11) is 0. The van der Waals surface area contributed by atoms with Crippen LogP contribution in [0.4, 0.5) is 0 Å².